The van der Waals surface area contributed by atoms with Crippen LogP contribution in [0.5, 0.6) is 11.5 Å². The number of benzene rings is 4. The number of allylic oxidation sites excluding steroid dienone is 3. The van der Waals surface area contributed by atoms with Crippen LogP contribution in [0.1, 0.15) is 130 Å². The first-order chi connectivity index (χ1) is 44.2. The molecule has 11 rings (SSSR count). The van der Waals surface area contributed by atoms with Gasteiger partial charge in [0.15, 0.2) is 30.0 Å². The van der Waals surface area contributed by atoms with Crippen LogP contribution < -0.4 is 43.2 Å². The van der Waals surface area contributed by atoms with E-state index in [9.17, 15) is 30.0 Å². The van der Waals surface area contributed by atoms with E-state index in [-0.39, 0.29) is 58.0 Å². The van der Waals surface area contributed by atoms with Crippen LogP contribution in [0.4, 0.5) is 0 Å². The van der Waals surface area contributed by atoms with Crippen molar-refractivity contribution in [1.29, 1.82) is 0 Å². The number of aliphatic imine (C=N–C) groups is 1. The number of aliphatic hydroxyl groups excluding tert-OH is 3. The summed E-state index contributed by atoms with van der Waals surface area (Å²) in [5, 5.41) is 58.4. The molecule has 4 saturated carbocycles. The Kier molecular flexibility index (Phi) is 22.2. The molecule has 14 atom stereocenters. The molecule has 0 radical (unpaired) electrons. The van der Waals surface area contributed by atoms with Gasteiger partial charge in [0.1, 0.15) is 5.78 Å². The summed E-state index contributed by atoms with van der Waals surface area (Å²) < 4.78 is 5.47. The smallest absolute Gasteiger partial charge is 0.186 e. The van der Waals surface area contributed by atoms with Gasteiger partial charge in [-0.05, 0) is 262 Å². The van der Waals surface area contributed by atoms with E-state index in [0.717, 1.165) is 121 Å². The molecule has 3 heterocycles. The second-order valence-corrected chi connectivity index (χ2v) is 28.4. The van der Waals surface area contributed by atoms with Crippen LogP contribution in [0.25, 0.3) is 5.57 Å². The number of rotatable bonds is 28. The van der Waals surface area contributed by atoms with Crippen LogP contribution in [0.15, 0.2) is 144 Å². The number of ketones is 2. The van der Waals surface area contributed by atoms with Crippen LogP contribution in [0.2, 0.25) is 0 Å². The maximum absolute atomic E-state index is 14.7. The topological polar surface area (TPSA) is 263 Å². The van der Waals surface area contributed by atoms with E-state index in [4.69, 9.17) is 21.9 Å². The fourth-order valence-electron chi connectivity index (χ4n) is 18.7. The van der Waals surface area contributed by atoms with Gasteiger partial charge in [-0.25, -0.2) is 0 Å². The molecule has 0 bridgehead atoms. The third-order valence-electron chi connectivity index (χ3n) is 22.6. The number of aliphatic hydroxyl groups is 3. The van der Waals surface area contributed by atoms with Crippen LogP contribution in [-0.4, -0.2) is 108 Å². The molecule has 3 aliphatic heterocycles. The van der Waals surface area contributed by atoms with Crippen molar-refractivity contribution in [1.82, 2.24) is 21.3 Å². The first-order valence-electron chi connectivity index (χ1n) is 34.3. The molecular formula is C76H102N8O7. The fraction of sp³-hybridized carbons (Fsp3) is 0.539. The summed E-state index contributed by atoms with van der Waals surface area (Å²) in [6, 6.07) is 33.7. The summed E-state index contributed by atoms with van der Waals surface area (Å²) in [6.45, 7) is 4.75. The minimum atomic E-state index is -0.695. The van der Waals surface area contributed by atoms with E-state index in [1.807, 2.05) is 25.3 Å². The maximum atomic E-state index is 14.7. The second kappa shape index (κ2) is 30.5. The van der Waals surface area contributed by atoms with Gasteiger partial charge in [0.05, 0.1) is 25.3 Å². The number of nitrogens with zero attached hydrogens (tertiary/aromatic N) is 1. The molecule has 5 fully saturated rings. The van der Waals surface area contributed by atoms with Gasteiger partial charge in [0.25, 0.3) is 0 Å². The summed E-state index contributed by atoms with van der Waals surface area (Å²) >= 11 is 0. The van der Waals surface area contributed by atoms with E-state index >= 15 is 0 Å². The SMILES string of the molecule is C[C@H](O)CN[C@@H]1C[C@]2(C[C@@H]3[C@H]4CCNC[C@H]4C[C@@H]4C=CCN[C@@H]34)C[C@@H](CC(=O)CC(=O)/C=C(\CO)c3cc(OCO)c(O)cc3CC3=CNC(N)C=C3CCc3cccc(CCc4ccccc4)c3)CC[C@@H]2[C@@]12CC[C@@H]([C@H](CCc1ccccc1)CN=C(N)N)C2. The Morgan fingerprint density at radius 1 is 0.868 bits per heavy atom. The zero-order valence-corrected chi connectivity index (χ0v) is 53.6. The second-order valence-electron chi connectivity index (χ2n) is 28.4. The van der Waals surface area contributed by atoms with Crippen molar-refractivity contribution in [2.75, 3.05) is 46.1 Å². The highest BCUT2D eigenvalue weighted by molar-refractivity contribution is 6.08. The number of aromatic hydroxyl groups is 1. The quantitative estimate of drug-likeness (QED) is 0.00634. The average Bonchev–Trinajstić information content (AvgIpc) is 1.56. The molecule has 488 valence electrons. The number of hydrogen-bond donors (Lipinski definition) is 11. The fourth-order valence-corrected chi connectivity index (χ4v) is 18.7. The van der Waals surface area contributed by atoms with Gasteiger partial charge in [0, 0.05) is 44.3 Å². The lowest BCUT2D eigenvalue weighted by atomic mass is 9.52. The van der Waals surface area contributed by atoms with Crippen molar-refractivity contribution < 1.29 is 34.8 Å². The summed E-state index contributed by atoms with van der Waals surface area (Å²) in [5.41, 5.74) is 27.0. The number of carbonyl (C=O) groups excluding carboxylic acids is 2. The van der Waals surface area contributed by atoms with Crippen molar-refractivity contribution in [3.05, 3.63) is 172 Å². The predicted molar refractivity (Wildman–Crippen MR) is 361 cm³/mol. The number of piperidine rings is 1. The number of aryl methyl sites for hydroxylation is 4. The number of carbonyl (C=O) groups is 2. The average molecular weight is 1240 g/mol. The number of nitrogens with two attached hydrogens (primary N) is 3. The molecule has 15 nitrogen and oxygen atoms in total. The highest BCUT2D eigenvalue weighted by atomic mass is 16.6. The Morgan fingerprint density at radius 3 is 2.36 bits per heavy atom. The Hall–Kier alpha value is -6.43. The number of nitrogens with one attached hydrogen (secondary N) is 4. The van der Waals surface area contributed by atoms with Crippen molar-refractivity contribution in [3.63, 3.8) is 0 Å². The van der Waals surface area contributed by atoms with Gasteiger partial charge >= 0.3 is 0 Å². The number of Topliss-reactive ketones (excluding diaryl/α,β-unsaturated/α-hetero) is 1. The van der Waals surface area contributed by atoms with Crippen molar-refractivity contribution in [3.8, 4) is 11.5 Å². The third kappa shape index (κ3) is 16.1. The lowest BCUT2D eigenvalue weighted by Gasteiger charge is -2.55. The Labute approximate surface area is 540 Å². The normalized spacial score (nSPS) is 29.2. The summed E-state index contributed by atoms with van der Waals surface area (Å²) in [7, 11) is 0. The summed E-state index contributed by atoms with van der Waals surface area (Å²) in [4.78, 5) is 33.8. The molecule has 0 amide bonds. The van der Waals surface area contributed by atoms with Gasteiger partial charge in [0.2, 0.25) is 0 Å². The van der Waals surface area contributed by atoms with Gasteiger partial charge in [-0.1, -0.05) is 97.1 Å². The van der Waals surface area contributed by atoms with E-state index in [0.29, 0.717) is 90.9 Å². The lowest BCUT2D eigenvalue weighted by Crippen LogP contribution is -2.57. The number of dihydropyridines is 1. The Morgan fingerprint density at radius 2 is 1.62 bits per heavy atom. The molecule has 4 aromatic rings. The van der Waals surface area contributed by atoms with Crippen LogP contribution in [0, 0.1) is 58.2 Å². The minimum Gasteiger partial charge on any atom is -0.504 e. The van der Waals surface area contributed by atoms with E-state index in [1.165, 1.54) is 34.8 Å². The highest BCUT2D eigenvalue weighted by Crippen LogP contribution is 2.71. The van der Waals surface area contributed by atoms with Crippen molar-refractivity contribution in [2.45, 2.75) is 153 Å². The van der Waals surface area contributed by atoms with Gasteiger partial charge in [-0.3, -0.25) is 14.6 Å². The van der Waals surface area contributed by atoms with Gasteiger partial charge in [-0.15, -0.1) is 0 Å². The molecule has 1 spiro atoms. The zero-order chi connectivity index (χ0) is 63.5. The van der Waals surface area contributed by atoms with E-state index in [2.05, 4.69) is 117 Å². The lowest BCUT2D eigenvalue weighted by molar-refractivity contribution is -0.126. The Balaban J connectivity index is 0.831. The van der Waals surface area contributed by atoms with Gasteiger partial charge < -0.3 is 63.6 Å². The molecule has 4 aromatic carbocycles. The number of fused-ring (bicyclic) bond motifs is 4. The molecule has 4 aliphatic carbocycles. The van der Waals surface area contributed by atoms with Crippen LogP contribution in [0.3, 0.4) is 0 Å². The maximum Gasteiger partial charge on any atom is 0.186 e. The van der Waals surface area contributed by atoms with E-state index < -0.39 is 31.5 Å². The minimum absolute atomic E-state index is 0.00319. The van der Waals surface area contributed by atoms with Crippen LogP contribution in [-0.2, 0) is 41.7 Å². The first-order valence-corrected chi connectivity index (χ1v) is 34.3. The standard InChI is InChI=1S/C76H102N8O7/c1-49(87)43-82-71-42-75(41-67-65-26-29-80-44-61(65)32-56-16-9-28-81-73(56)67)39-54(21-24-70(75)76(71)27-25-57(40-76)58(45-84-74(78)79)23-19-51-12-6-3-7-13-51)31-63(88)37-64(89)34-62(47-85)66-38-69(91-48-86)68(90)35-59(66)33-60-46-83-72(77)36-55(60)22-20-53-15-8-14-52(30-53)18-17-50-10-4-2-5-11-50/h2-16,30,34-36,38,46,49,54,56-58,61,65,67,70-73,80-83,85-87,90H,17-29,31-33,37,39-45,47-48,77H2,1H3,(H4,78,79,84)/b62-34+/t49-,54+,56-,57+,58+,61+,65-,67+,70-,71+,72?,73+,75+,76-/m0/s1. The summed E-state index contributed by atoms with van der Waals surface area (Å²) in [5.74, 6) is 2.82. The molecular weight excluding hydrogens is 1140 g/mol. The first kappa shape index (κ1) is 66.0. The molecule has 1 saturated heterocycles. The number of guanidine groups is 1. The molecule has 7 aliphatic rings. The number of ether oxygens (including phenoxy) is 1. The Bertz CT molecular complexity index is 3270. The number of phenolic OH excluding ortho intramolecular Hbond substituents is 1. The molecule has 1 unspecified atom stereocenters. The number of phenols is 1. The largest absolute Gasteiger partial charge is 0.504 e. The van der Waals surface area contributed by atoms with Crippen LogP contribution >= 0.6 is 0 Å². The monoisotopic (exact) mass is 1240 g/mol. The zero-order valence-electron chi connectivity index (χ0n) is 53.6. The molecule has 91 heavy (non-hydrogen) atoms. The molecule has 15 heteroatoms. The summed E-state index contributed by atoms with van der Waals surface area (Å²) in [6.07, 6.45) is 25.4. The molecule has 0 aromatic heterocycles. The van der Waals surface area contributed by atoms with E-state index in [1.54, 1.807) is 12.1 Å². The number of hydrogen-bond acceptors (Lipinski definition) is 13. The molecule has 14 N–H and O–H groups in total. The van der Waals surface area contributed by atoms with Crippen molar-refractivity contribution >= 4 is 23.1 Å². The van der Waals surface area contributed by atoms with Gasteiger partial charge in [-0.2, -0.15) is 0 Å². The predicted octanol–water partition coefficient (Wildman–Crippen LogP) is 8.91. The van der Waals surface area contributed by atoms with Crippen molar-refractivity contribution in [2.24, 2.45) is 80.4 Å². The third-order valence-corrected chi connectivity index (χ3v) is 22.6. The highest BCUT2D eigenvalue weighted by Gasteiger charge is 2.66.